The van der Waals surface area contributed by atoms with Crippen LogP contribution in [-0.4, -0.2) is 84.5 Å². The number of hydrogen-bond acceptors (Lipinski definition) is 11. The number of likely N-dealkylation sites (N-methyl/N-ethyl adjacent to an activating group) is 1. The van der Waals surface area contributed by atoms with Crippen molar-refractivity contribution in [3.8, 4) is 23.2 Å². The van der Waals surface area contributed by atoms with Gasteiger partial charge in [-0.3, -0.25) is 4.90 Å². The minimum absolute atomic E-state index is 0.0764. The van der Waals surface area contributed by atoms with Crippen molar-refractivity contribution < 1.29 is 18.3 Å². The van der Waals surface area contributed by atoms with Crippen LogP contribution in [0.15, 0.2) is 18.2 Å². The van der Waals surface area contributed by atoms with Gasteiger partial charge in [0.2, 0.25) is 0 Å². The number of nitrogens with zero attached hydrogens (tertiary/aromatic N) is 6. The summed E-state index contributed by atoms with van der Waals surface area (Å²) in [6.45, 7) is 2.76. The summed E-state index contributed by atoms with van der Waals surface area (Å²) in [6.07, 6.45) is 2.09. The summed E-state index contributed by atoms with van der Waals surface area (Å²) in [6, 6.07) is 7.57. The Morgan fingerprint density at radius 3 is 2.60 bits per heavy atom. The van der Waals surface area contributed by atoms with Crippen molar-refractivity contribution in [3.05, 3.63) is 35.4 Å². The minimum atomic E-state index is -0.594. The molecule has 2 bridgehead atoms. The van der Waals surface area contributed by atoms with Gasteiger partial charge in [-0.25, -0.2) is 13.8 Å². The summed E-state index contributed by atoms with van der Waals surface area (Å²) < 4.78 is 44.0. The highest BCUT2D eigenvalue weighted by Crippen LogP contribution is 2.42. The maximum atomic E-state index is 17.0. The zero-order valence-electron chi connectivity index (χ0n) is 23.9. The van der Waals surface area contributed by atoms with Crippen LogP contribution in [0, 0.1) is 23.0 Å². The van der Waals surface area contributed by atoms with E-state index in [1.54, 1.807) is 7.11 Å². The van der Waals surface area contributed by atoms with Crippen molar-refractivity contribution >= 4 is 43.4 Å². The normalized spacial score (nSPS) is 23.8. The van der Waals surface area contributed by atoms with E-state index in [9.17, 15) is 9.65 Å². The molecule has 2 aromatic heterocycles. The molecule has 3 N–H and O–H groups in total. The van der Waals surface area contributed by atoms with Crippen molar-refractivity contribution in [2.45, 2.75) is 50.0 Å². The van der Waals surface area contributed by atoms with Gasteiger partial charge in [0.05, 0.1) is 16.3 Å². The molecule has 43 heavy (non-hydrogen) atoms. The average Bonchev–Trinajstić information content (AvgIpc) is 3.67. The first-order valence-electron chi connectivity index (χ1n) is 14.5. The predicted molar refractivity (Wildman–Crippen MR) is 161 cm³/mol. The number of benzene rings is 2. The topological polar surface area (TPSA) is 125 Å². The second kappa shape index (κ2) is 11.1. The lowest BCUT2D eigenvalue weighted by atomic mass is 9.93. The van der Waals surface area contributed by atoms with Gasteiger partial charge in [0, 0.05) is 68.3 Å². The van der Waals surface area contributed by atoms with E-state index in [0.717, 1.165) is 37.3 Å². The Bertz CT molecular complexity index is 1750. The number of hydrogen-bond donors (Lipinski definition) is 2. The average molecular weight is 607 g/mol. The minimum Gasteiger partial charge on any atom is -0.456 e. The van der Waals surface area contributed by atoms with E-state index in [1.165, 1.54) is 12.1 Å². The van der Waals surface area contributed by atoms with Gasteiger partial charge in [-0.05, 0) is 50.1 Å². The van der Waals surface area contributed by atoms with Gasteiger partial charge < -0.3 is 25.4 Å². The number of halogens is 2. The molecule has 5 heterocycles. The molecule has 0 spiro atoms. The molecule has 4 aromatic rings. The van der Waals surface area contributed by atoms with E-state index >= 15 is 4.39 Å². The van der Waals surface area contributed by atoms with E-state index in [2.05, 4.69) is 31.2 Å². The van der Waals surface area contributed by atoms with Crippen molar-refractivity contribution in [1.82, 2.24) is 25.2 Å². The highest BCUT2D eigenvalue weighted by Gasteiger charge is 2.36. The first-order valence-corrected chi connectivity index (χ1v) is 15.3. The maximum absolute atomic E-state index is 17.0. The molecule has 3 fully saturated rings. The molecule has 0 saturated carbocycles. The SMILES string of the molecule is CO[C@@H]1CN(C)C[C@H]1Oc1nc(N2CC3CCC(C2)N3)c2cc(CCC#N)c(-c3ccc(F)c4sc(N)nc34)c(F)c2n1. The highest BCUT2D eigenvalue weighted by atomic mass is 32.1. The number of methoxy groups -OCH3 is 1. The first kappa shape index (κ1) is 28.1. The summed E-state index contributed by atoms with van der Waals surface area (Å²) >= 11 is 1.01. The largest absolute Gasteiger partial charge is 0.456 e. The zero-order chi connectivity index (χ0) is 29.8. The number of aryl methyl sites for hydroxylation is 1. The molecule has 2 unspecified atom stereocenters. The van der Waals surface area contributed by atoms with Crippen LogP contribution < -0.4 is 20.7 Å². The van der Waals surface area contributed by atoms with E-state index in [4.69, 9.17) is 20.2 Å². The number of likely N-dealkylation sites (tertiary alicyclic amines) is 1. The monoisotopic (exact) mass is 606 g/mol. The summed E-state index contributed by atoms with van der Waals surface area (Å²) in [4.78, 5) is 18.2. The highest BCUT2D eigenvalue weighted by molar-refractivity contribution is 7.22. The van der Waals surface area contributed by atoms with Gasteiger partial charge >= 0.3 is 6.01 Å². The second-order valence-corrected chi connectivity index (χ2v) is 12.7. The van der Waals surface area contributed by atoms with Crippen LogP contribution in [-0.2, 0) is 11.2 Å². The van der Waals surface area contributed by atoms with Crippen LogP contribution in [0.1, 0.15) is 24.8 Å². The van der Waals surface area contributed by atoms with Gasteiger partial charge in [-0.1, -0.05) is 11.3 Å². The van der Waals surface area contributed by atoms with Crippen LogP contribution >= 0.6 is 11.3 Å². The van der Waals surface area contributed by atoms with Crippen molar-refractivity contribution in [1.29, 1.82) is 5.26 Å². The molecule has 2 aromatic carbocycles. The van der Waals surface area contributed by atoms with E-state index in [-0.39, 0.29) is 57.5 Å². The van der Waals surface area contributed by atoms with Crippen molar-refractivity contribution in [2.75, 3.05) is 51.0 Å². The number of nitrogens with two attached hydrogens (primary N) is 1. The molecule has 10 nitrogen and oxygen atoms in total. The predicted octanol–water partition coefficient (Wildman–Crippen LogP) is 3.87. The fourth-order valence-electron chi connectivity index (χ4n) is 6.78. The summed E-state index contributed by atoms with van der Waals surface area (Å²) in [5, 5.41) is 13.8. The van der Waals surface area contributed by atoms with Gasteiger partial charge in [-0.2, -0.15) is 15.2 Å². The molecule has 4 atom stereocenters. The standard InChI is InChI=1S/C30H32F2N8O2S/c1-39-13-21(41-2)22(14-39)42-30-37-25-19(28(38-30)40-11-16-5-6-17(12-40)35-16)10-15(4-3-9-33)23(24(25)32)18-7-8-20(31)27-26(18)36-29(34)43-27/h7-8,10,16-17,21-22,35H,3-6,11-14H2,1-2H3,(H2,34,36)/t16?,17?,21-,22-/m1/s1. The Hall–Kier alpha value is -3.70. The van der Waals surface area contributed by atoms with Crippen LogP contribution in [0.5, 0.6) is 6.01 Å². The van der Waals surface area contributed by atoms with Crippen LogP contribution in [0.4, 0.5) is 19.7 Å². The lowest BCUT2D eigenvalue weighted by Crippen LogP contribution is -2.51. The number of nitrogens with one attached hydrogen (secondary N) is 1. The number of anilines is 2. The number of piperazine rings is 1. The Labute approximate surface area is 251 Å². The number of fused-ring (bicyclic) bond motifs is 4. The number of nitrogen functional groups attached to an aromatic ring is 1. The smallest absolute Gasteiger partial charge is 0.319 e. The molecule has 0 radical (unpaired) electrons. The Morgan fingerprint density at radius 2 is 1.86 bits per heavy atom. The fraction of sp³-hybridized carbons (Fsp3) is 0.467. The number of nitriles is 1. The molecular weight excluding hydrogens is 574 g/mol. The van der Waals surface area contributed by atoms with Gasteiger partial charge in [-0.15, -0.1) is 0 Å². The van der Waals surface area contributed by atoms with Crippen molar-refractivity contribution in [2.24, 2.45) is 0 Å². The Balaban J connectivity index is 1.44. The zero-order valence-corrected chi connectivity index (χ0v) is 24.8. The van der Waals surface area contributed by atoms with Crippen LogP contribution in [0.3, 0.4) is 0 Å². The number of rotatable bonds is 7. The summed E-state index contributed by atoms with van der Waals surface area (Å²) in [5.41, 5.74) is 7.56. The Morgan fingerprint density at radius 1 is 1.09 bits per heavy atom. The molecule has 3 saturated heterocycles. The van der Waals surface area contributed by atoms with Gasteiger partial charge in [0.25, 0.3) is 0 Å². The molecule has 3 aliphatic rings. The summed E-state index contributed by atoms with van der Waals surface area (Å²) in [5.74, 6) is -0.469. The fourth-order valence-corrected chi connectivity index (χ4v) is 7.54. The van der Waals surface area contributed by atoms with Crippen LogP contribution in [0.25, 0.3) is 32.2 Å². The third-order valence-corrected chi connectivity index (χ3v) is 9.63. The van der Waals surface area contributed by atoms with Gasteiger partial charge in [0.15, 0.2) is 10.9 Å². The van der Waals surface area contributed by atoms with E-state index in [0.29, 0.717) is 47.5 Å². The maximum Gasteiger partial charge on any atom is 0.319 e. The Kier molecular flexibility index (Phi) is 7.25. The lowest BCUT2D eigenvalue weighted by molar-refractivity contribution is 0.0300. The number of ether oxygens (including phenoxy) is 2. The molecular formula is C30H32F2N8O2S. The first-order chi connectivity index (χ1) is 20.8. The second-order valence-electron chi connectivity index (χ2n) is 11.6. The summed E-state index contributed by atoms with van der Waals surface area (Å²) in [7, 11) is 3.63. The lowest BCUT2D eigenvalue weighted by Gasteiger charge is -2.34. The molecule has 0 amide bonds. The van der Waals surface area contributed by atoms with E-state index in [1.807, 2.05) is 13.1 Å². The van der Waals surface area contributed by atoms with Crippen molar-refractivity contribution in [3.63, 3.8) is 0 Å². The number of aromatic nitrogens is 3. The van der Waals surface area contributed by atoms with Crippen LogP contribution in [0.2, 0.25) is 0 Å². The number of thiazole rings is 1. The molecule has 3 aliphatic heterocycles. The quantitative estimate of drug-likeness (QED) is 0.320. The van der Waals surface area contributed by atoms with Gasteiger partial charge in [0.1, 0.15) is 29.4 Å². The third kappa shape index (κ3) is 5.02. The molecule has 13 heteroatoms. The molecule has 7 rings (SSSR count). The van der Waals surface area contributed by atoms with E-state index < -0.39 is 11.6 Å². The molecule has 224 valence electrons. The molecule has 0 aliphatic carbocycles. The third-order valence-electron chi connectivity index (χ3n) is 8.73.